The Balaban J connectivity index is 1.79. The number of hydrogen-bond donors (Lipinski definition) is 0. The van der Waals surface area contributed by atoms with Gasteiger partial charge in [-0.25, -0.2) is 9.98 Å². The van der Waals surface area contributed by atoms with E-state index in [0.717, 1.165) is 62.4 Å². The highest BCUT2D eigenvalue weighted by molar-refractivity contribution is 8.87. The molecule has 2 aliphatic heterocycles. The van der Waals surface area contributed by atoms with E-state index in [2.05, 4.69) is 9.98 Å². The molecule has 0 saturated carbocycles. The molecule has 4 nitrogen and oxygen atoms in total. The average Bonchev–Trinajstić information content (AvgIpc) is 2.56. The molecular weight excluding hydrogens is 316 g/mol. The molecule has 0 aliphatic carbocycles. The van der Waals surface area contributed by atoms with Crippen molar-refractivity contribution < 1.29 is 9.47 Å². The van der Waals surface area contributed by atoms with E-state index in [1.54, 1.807) is 21.6 Å². The van der Waals surface area contributed by atoms with Gasteiger partial charge in [-0.1, -0.05) is 38.5 Å². The second kappa shape index (κ2) is 12.1. The van der Waals surface area contributed by atoms with Gasteiger partial charge in [0, 0.05) is 34.7 Å². The third-order valence-electron chi connectivity index (χ3n) is 3.72. The van der Waals surface area contributed by atoms with Gasteiger partial charge in [0.2, 0.25) is 0 Å². The fourth-order valence-corrected chi connectivity index (χ4v) is 4.14. The lowest BCUT2D eigenvalue weighted by molar-refractivity contribution is 0.296. The summed E-state index contributed by atoms with van der Waals surface area (Å²) in [6.07, 6.45) is 12.3. The van der Waals surface area contributed by atoms with Crippen molar-refractivity contribution in [2.75, 3.05) is 26.3 Å². The van der Waals surface area contributed by atoms with Crippen molar-refractivity contribution in [3.63, 3.8) is 0 Å². The number of nitrogens with zero attached hydrogens (tertiary/aromatic N) is 2. The van der Waals surface area contributed by atoms with Crippen molar-refractivity contribution in [2.24, 2.45) is 9.98 Å². The fourth-order valence-electron chi connectivity index (χ4n) is 2.41. The Morgan fingerprint density at radius 2 is 0.955 bits per heavy atom. The van der Waals surface area contributed by atoms with Crippen LogP contribution >= 0.6 is 21.6 Å². The summed E-state index contributed by atoms with van der Waals surface area (Å²) in [5.74, 6) is 0. The SMILES string of the molecule is C1CCC/N=C(/SS/C2=N/CCCCCCCO2)OCCC1. The van der Waals surface area contributed by atoms with Crippen LogP contribution in [0.15, 0.2) is 9.98 Å². The van der Waals surface area contributed by atoms with Crippen molar-refractivity contribution in [1.82, 2.24) is 0 Å². The second-order valence-electron chi connectivity index (χ2n) is 5.69. The molecule has 6 heteroatoms. The van der Waals surface area contributed by atoms with E-state index in [1.165, 1.54) is 38.5 Å². The van der Waals surface area contributed by atoms with Crippen LogP contribution in [0.4, 0.5) is 0 Å². The zero-order chi connectivity index (χ0) is 15.3. The fraction of sp³-hybridized carbons (Fsp3) is 0.875. The molecule has 0 saturated heterocycles. The zero-order valence-electron chi connectivity index (χ0n) is 13.4. The molecule has 2 rings (SSSR count). The molecule has 0 aromatic rings. The van der Waals surface area contributed by atoms with Crippen LogP contribution in [-0.2, 0) is 9.47 Å². The monoisotopic (exact) mass is 344 g/mol. The summed E-state index contributed by atoms with van der Waals surface area (Å²) in [6, 6.07) is 0. The van der Waals surface area contributed by atoms with Gasteiger partial charge in [-0.15, -0.1) is 0 Å². The van der Waals surface area contributed by atoms with Gasteiger partial charge in [0.25, 0.3) is 10.5 Å². The van der Waals surface area contributed by atoms with Crippen LogP contribution in [-0.4, -0.2) is 36.8 Å². The smallest absolute Gasteiger partial charge is 0.257 e. The van der Waals surface area contributed by atoms with Crippen LogP contribution in [0, 0.1) is 0 Å². The topological polar surface area (TPSA) is 43.2 Å². The van der Waals surface area contributed by atoms with E-state index in [-0.39, 0.29) is 0 Å². The molecule has 2 aliphatic rings. The van der Waals surface area contributed by atoms with E-state index >= 15 is 0 Å². The normalized spacial score (nSPS) is 27.3. The highest BCUT2D eigenvalue weighted by Crippen LogP contribution is 2.27. The van der Waals surface area contributed by atoms with Crippen LogP contribution in [0.1, 0.15) is 64.2 Å². The molecule has 0 aromatic heterocycles. The van der Waals surface area contributed by atoms with Crippen molar-refractivity contribution in [3.05, 3.63) is 0 Å². The second-order valence-corrected chi connectivity index (χ2v) is 7.73. The summed E-state index contributed by atoms with van der Waals surface area (Å²) in [5, 5.41) is 1.57. The summed E-state index contributed by atoms with van der Waals surface area (Å²) in [4.78, 5) is 9.14. The number of rotatable bonds is 0. The first kappa shape index (κ1) is 18.0. The Hall–Kier alpha value is -0.360. The summed E-state index contributed by atoms with van der Waals surface area (Å²) in [7, 11) is 3.12. The van der Waals surface area contributed by atoms with Gasteiger partial charge in [-0.2, -0.15) is 0 Å². The minimum Gasteiger partial charge on any atom is -0.472 e. The third kappa shape index (κ3) is 8.32. The first-order valence-corrected chi connectivity index (χ1v) is 10.8. The summed E-state index contributed by atoms with van der Waals surface area (Å²) < 4.78 is 11.6. The van der Waals surface area contributed by atoms with E-state index in [1.807, 2.05) is 0 Å². The molecule has 0 N–H and O–H groups in total. The van der Waals surface area contributed by atoms with Gasteiger partial charge < -0.3 is 9.47 Å². The molecular formula is C16H28N2O2S2. The predicted octanol–water partition coefficient (Wildman–Crippen LogP) is 5.04. The zero-order valence-corrected chi connectivity index (χ0v) is 15.1. The Morgan fingerprint density at radius 3 is 1.45 bits per heavy atom. The Kier molecular flexibility index (Phi) is 9.90. The van der Waals surface area contributed by atoms with E-state index in [4.69, 9.17) is 9.47 Å². The van der Waals surface area contributed by atoms with E-state index in [9.17, 15) is 0 Å². The van der Waals surface area contributed by atoms with Crippen LogP contribution in [0.2, 0.25) is 0 Å². The van der Waals surface area contributed by atoms with Crippen molar-refractivity contribution in [1.29, 1.82) is 0 Å². The van der Waals surface area contributed by atoms with E-state index in [0.29, 0.717) is 0 Å². The van der Waals surface area contributed by atoms with Gasteiger partial charge in [-0.05, 0) is 25.7 Å². The largest absolute Gasteiger partial charge is 0.472 e. The predicted molar refractivity (Wildman–Crippen MR) is 97.9 cm³/mol. The molecule has 0 aromatic carbocycles. The lowest BCUT2D eigenvalue weighted by Gasteiger charge is -2.13. The maximum atomic E-state index is 5.79. The van der Waals surface area contributed by atoms with Crippen molar-refractivity contribution in [2.45, 2.75) is 64.2 Å². The molecule has 0 unspecified atom stereocenters. The molecule has 0 bridgehead atoms. The van der Waals surface area contributed by atoms with Crippen LogP contribution < -0.4 is 0 Å². The Morgan fingerprint density at radius 1 is 0.545 bits per heavy atom. The molecule has 0 atom stereocenters. The van der Waals surface area contributed by atoms with Gasteiger partial charge in [-0.3, -0.25) is 0 Å². The van der Waals surface area contributed by atoms with Gasteiger partial charge in [0.1, 0.15) is 0 Å². The highest BCUT2D eigenvalue weighted by atomic mass is 33.1. The maximum Gasteiger partial charge on any atom is 0.257 e. The van der Waals surface area contributed by atoms with Gasteiger partial charge >= 0.3 is 0 Å². The molecule has 126 valence electrons. The van der Waals surface area contributed by atoms with Crippen LogP contribution in [0.5, 0.6) is 0 Å². The lowest BCUT2D eigenvalue weighted by atomic mass is 10.1. The number of aliphatic imine (C=N–C) groups is 2. The quantitative estimate of drug-likeness (QED) is 0.577. The Labute approximate surface area is 142 Å². The average molecular weight is 345 g/mol. The molecule has 0 fully saturated rings. The van der Waals surface area contributed by atoms with Crippen LogP contribution in [0.25, 0.3) is 0 Å². The maximum absolute atomic E-state index is 5.79. The molecule has 0 radical (unpaired) electrons. The molecule has 0 spiro atoms. The highest BCUT2D eigenvalue weighted by Gasteiger charge is 2.10. The minimum absolute atomic E-state index is 0.778. The first-order valence-electron chi connectivity index (χ1n) is 8.64. The summed E-state index contributed by atoms with van der Waals surface area (Å²) >= 11 is 0. The molecule has 22 heavy (non-hydrogen) atoms. The summed E-state index contributed by atoms with van der Waals surface area (Å²) in [6.45, 7) is 3.30. The minimum atomic E-state index is 0.778. The molecule has 2 heterocycles. The van der Waals surface area contributed by atoms with Crippen molar-refractivity contribution >= 4 is 32.0 Å². The lowest BCUT2D eigenvalue weighted by Crippen LogP contribution is -2.07. The van der Waals surface area contributed by atoms with Gasteiger partial charge in [0.05, 0.1) is 13.2 Å². The number of hydrogen-bond acceptors (Lipinski definition) is 6. The number of ether oxygens (including phenoxy) is 2. The van der Waals surface area contributed by atoms with Crippen molar-refractivity contribution in [3.8, 4) is 0 Å². The van der Waals surface area contributed by atoms with Crippen LogP contribution in [0.3, 0.4) is 0 Å². The molecule has 0 amide bonds. The van der Waals surface area contributed by atoms with E-state index < -0.39 is 0 Å². The first-order chi connectivity index (χ1) is 10.9. The van der Waals surface area contributed by atoms with Gasteiger partial charge in [0.15, 0.2) is 0 Å². The Bertz CT molecular complexity index is 328. The standard InChI is InChI=1S/C16H28N2O2S2/c1-3-7-11-17-15(19-13-9-5-1)21-22-16-18-12-8-4-2-6-10-14-20-16/h1-14H2/b17-15+,18-16+. The third-order valence-corrected chi connectivity index (χ3v) is 5.69. The summed E-state index contributed by atoms with van der Waals surface area (Å²) in [5.41, 5.74) is 0.